The zero-order valence-corrected chi connectivity index (χ0v) is 24.7. The first-order chi connectivity index (χ1) is 20.9. The second kappa shape index (κ2) is 14.2. The molecule has 6 heteroatoms. The topological polar surface area (TPSA) is 76.1 Å². The number of hydrogen-bond acceptors (Lipinski definition) is 6. The number of para-hydroxylation sites is 2. The molecule has 6 nitrogen and oxygen atoms in total. The zero-order chi connectivity index (χ0) is 30.1. The third kappa shape index (κ3) is 8.33. The summed E-state index contributed by atoms with van der Waals surface area (Å²) in [6.07, 6.45) is 3.01. The molecule has 4 aromatic carbocycles. The summed E-state index contributed by atoms with van der Waals surface area (Å²) in [5.74, 6) is 0.554. The van der Waals surface area contributed by atoms with Crippen LogP contribution in [0, 0.1) is 11.3 Å². The lowest BCUT2D eigenvalue weighted by atomic mass is 9.78. The summed E-state index contributed by atoms with van der Waals surface area (Å²) in [5, 5.41) is 10.1. The van der Waals surface area contributed by atoms with Gasteiger partial charge in [0.25, 0.3) is 0 Å². The van der Waals surface area contributed by atoms with Crippen LogP contribution in [0.15, 0.2) is 109 Å². The molecule has 5 rings (SSSR count). The molecule has 222 valence electrons. The van der Waals surface area contributed by atoms with Gasteiger partial charge in [-0.15, -0.1) is 0 Å². The quantitative estimate of drug-likeness (QED) is 0.110. The number of piperidine rings is 1. The average molecular weight is 578 g/mol. The average Bonchev–Trinajstić information content (AvgIpc) is 3.03. The van der Waals surface area contributed by atoms with Crippen LogP contribution in [0.2, 0.25) is 0 Å². The van der Waals surface area contributed by atoms with Gasteiger partial charge < -0.3 is 19.5 Å². The molecule has 43 heavy (non-hydrogen) atoms. The minimum Gasteiger partial charge on any atom is -0.504 e. The van der Waals surface area contributed by atoms with Crippen molar-refractivity contribution in [2.45, 2.75) is 39.2 Å². The minimum atomic E-state index is -1.03. The summed E-state index contributed by atoms with van der Waals surface area (Å²) in [6, 6.07) is 33.9. The number of phenolic OH excluding ortho intramolecular Hbond substituents is 1. The Kier molecular flexibility index (Phi) is 9.90. The van der Waals surface area contributed by atoms with Crippen LogP contribution in [0.25, 0.3) is 0 Å². The molecule has 1 fully saturated rings. The first-order valence-corrected chi connectivity index (χ1v) is 14.9. The summed E-state index contributed by atoms with van der Waals surface area (Å²) in [5.41, 5.74) is 1.90. The second-order valence-electron chi connectivity index (χ2n) is 11.7. The molecule has 1 aliphatic rings. The molecule has 1 heterocycles. The van der Waals surface area contributed by atoms with Gasteiger partial charge in [-0.2, -0.15) is 0 Å². The number of Topliss-reactive ketones (excluding diaryl/α,β-unsaturated/α-hetero) is 1. The van der Waals surface area contributed by atoms with Gasteiger partial charge in [0.1, 0.15) is 12.4 Å². The molecule has 0 bridgehead atoms. The molecule has 1 atom stereocenters. The van der Waals surface area contributed by atoms with Crippen molar-refractivity contribution in [2.75, 3.05) is 19.6 Å². The molecular weight excluding hydrogens is 538 g/mol. The van der Waals surface area contributed by atoms with Crippen LogP contribution in [0.3, 0.4) is 0 Å². The molecule has 0 aliphatic carbocycles. The lowest BCUT2D eigenvalue weighted by molar-refractivity contribution is -0.136. The third-order valence-electron chi connectivity index (χ3n) is 8.18. The van der Waals surface area contributed by atoms with E-state index < -0.39 is 11.4 Å². The van der Waals surface area contributed by atoms with Crippen LogP contribution < -0.4 is 9.47 Å². The van der Waals surface area contributed by atoms with E-state index in [0.29, 0.717) is 30.4 Å². The van der Waals surface area contributed by atoms with E-state index in [1.807, 2.05) is 43.3 Å². The van der Waals surface area contributed by atoms with Gasteiger partial charge in [0.05, 0.1) is 11.8 Å². The Hall–Kier alpha value is -4.42. The highest BCUT2D eigenvalue weighted by Gasteiger charge is 2.39. The molecule has 0 unspecified atom stereocenters. The Morgan fingerprint density at radius 3 is 2.07 bits per heavy atom. The lowest BCUT2D eigenvalue weighted by Crippen LogP contribution is -2.46. The standard InChI is InChI=1S/C37H39NO5/c1-37(25-35(40)43-34-15-9-8-14-33(34)39,27-38-22-20-29(21-23-38)24-28-10-4-2-5-11-28)36(41)31-16-18-32(19-17-31)42-26-30-12-6-3-7-13-30/h2-19,29,39H,20-27H2,1H3/t37-/m0/s1. The maximum absolute atomic E-state index is 14.1. The Morgan fingerprint density at radius 1 is 0.814 bits per heavy atom. The van der Waals surface area contributed by atoms with E-state index in [1.54, 1.807) is 36.4 Å². The Morgan fingerprint density at radius 2 is 1.42 bits per heavy atom. The van der Waals surface area contributed by atoms with E-state index in [2.05, 4.69) is 29.2 Å². The third-order valence-corrected chi connectivity index (χ3v) is 8.18. The number of ether oxygens (including phenoxy) is 2. The molecule has 0 amide bonds. The summed E-state index contributed by atoms with van der Waals surface area (Å²) >= 11 is 0. The van der Waals surface area contributed by atoms with E-state index in [1.165, 1.54) is 17.7 Å². The van der Waals surface area contributed by atoms with Gasteiger partial charge >= 0.3 is 5.97 Å². The normalized spacial score (nSPS) is 15.4. The number of esters is 1. The van der Waals surface area contributed by atoms with Crippen molar-refractivity contribution in [3.8, 4) is 17.2 Å². The number of aromatic hydroxyl groups is 1. The van der Waals surface area contributed by atoms with E-state index >= 15 is 0 Å². The van der Waals surface area contributed by atoms with Crippen LogP contribution in [0.4, 0.5) is 0 Å². The molecule has 0 saturated carbocycles. The van der Waals surface area contributed by atoms with Crippen LogP contribution in [-0.4, -0.2) is 41.4 Å². The number of carbonyl (C=O) groups excluding carboxylic acids is 2. The van der Waals surface area contributed by atoms with Crippen molar-refractivity contribution in [1.82, 2.24) is 4.90 Å². The Bertz CT molecular complexity index is 1480. The second-order valence-corrected chi connectivity index (χ2v) is 11.7. The molecule has 4 aromatic rings. The van der Waals surface area contributed by atoms with Crippen LogP contribution in [0.5, 0.6) is 17.2 Å². The van der Waals surface area contributed by atoms with Crippen molar-refractivity contribution in [2.24, 2.45) is 11.3 Å². The first-order valence-electron chi connectivity index (χ1n) is 14.9. The molecule has 0 aromatic heterocycles. The maximum atomic E-state index is 14.1. The summed E-state index contributed by atoms with van der Waals surface area (Å²) < 4.78 is 11.4. The highest BCUT2D eigenvalue weighted by Crippen LogP contribution is 2.33. The zero-order valence-electron chi connectivity index (χ0n) is 24.7. The molecule has 1 saturated heterocycles. The number of carbonyl (C=O) groups is 2. The molecule has 1 aliphatic heterocycles. The molecular formula is C37H39NO5. The fourth-order valence-corrected chi connectivity index (χ4v) is 5.81. The number of hydrogen-bond donors (Lipinski definition) is 1. The van der Waals surface area contributed by atoms with Crippen LogP contribution in [0.1, 0.15) is 47.7 Å². The van der Waals surface area contributed by atoms with Gasteiger partial charge in [0.2, 0.25) is 0 Å². The summed E-state index contributed by atoms with van der Waals surface area (Å²) in [4.78, 5) is 29.5. The first kappa shape index (κ1) is 30.1. The van der Waals surface area contributed by atoms with E-state index in [-0.39, 0.29) is 23.7 Å². The number of ketones is 1. The fraction of sp³-hybridized carbons (Fsp3) is 0.297. The highest BCUT2D eigenvalue weighted by molar-refractivity contribution is 6.02. The van der Waals surface area contributed by atoms with Crippen molar-refractivity contribution >= 4 is 11.8 Å². The number of likely N-dealkylation sites (tertiary alicyclic amines) is 1. The van der Waals surface area contributed by atoms with Gasteiger partial charge in [0, 0.05) is 12.1 Å². The van der Waals surface area contributed by atoms with Gasteiger partial charge in [-0.1, -0.05) is 79.7 Å². The van der Waals surface area contributed by atoms with Crippen molar-refractivity contribution < 1.29 is 24.2 Å². The van der Waals surface area contributed by atoms with Crippen molar-refractivity contribution in [3.05, 3.63) is 126 Å². The van der Waals surface area contributed by atoms with Crippen molar-refractivity contribution in [3.63, 3.8) is 0 Å². The number of benzene rings is 4. The lowest BCUT2D eigenvalue weighted by Gasteiger charge is -2.38. The van der Waals surface area contributed by atoms with Crippen molar-refractivity contribution in [1.29, 1.82) is 0 Å². The number of nitrogens with zero attached hydrogens (tertiary/aromatic N) is 1. The van der Waals surface area contributed by atoms with E-state index in [4.69, 9.17) is 9.47 Å². The predicted molar refractivity (Wildman–Crippen MR) is 167 cm³/mol. The monoisotopic (exact) mass is 577 g/mol. The molecule has 1 N–H and O–H groups in total. The molecule has 0 radical (unpaired) electrons. The maximum Gasteiger partial charge on any atom is 0.312 e. The van der Waals surface area contributed by atoms with Gasteiger partial charge in [-0.25, -0.2) is 0 Å². The van der Waals surface area contributed by atoms with Gasteiger partial charge in [-0.05, 0) is 85.8 Å². The summed E-state index contributed by atoms with van der Waals surface area (Å²) in [6.45, 7) is 4.44. The Balaban J connectivity index is 1.27. The van der Waals surface area contributed by atoms with Gasteiger partial charge in [0.15, 0.2) is 17.3 Å². The smallest absolute Gasteiger partial charge is 0.312 e. The minimum absolute atomic E-state index is 0.0870. The number of phenols is 1. The predicted octanol–water partition coefficient (Wildman–Crippen LogP) is 7.11. The summed E-state index contributed by atoms with van der Waals surface area (Å²) in [7, 11) is 0. The van der Waals surface area contributed by atoms with Crippen LogP contribution >= 0.6 is 0 Å². The fourth-order valence-electron chi connectivity index (χ4n) is 5.81. The largest absolute Gasteiger partial charge is 0.504 e. The van der Waals surface area contributed by atoms with Crippen LogP contribution in [-0.2, 0) is 17.8 Å². The Labute approximate surface area is 253 Å². The van der Waals surface area contributed by atoms with Gasteiger partial charge in [-0.3, -0.25) is 9.59 Å². The van der Waals surface area contributed by atoms with E-state index in [9.17, 15) is 14.7 Å². The highest BCUT2D eigenvalue weighted by atomic mass is 16.5. The molecule has 0 spiro atoms. The van der Waals surface area contributed by atoms with E-state index in [0.717, 1.165) is 37.9 Å². The number of rotatable bonds is 12. The SMILES string of the molecule is C[C@](CC(=O)Oc1ccccc1O)(CN1CCC(Cc2ccccc2)CC1)C(=O)c1ccc(OCc2ccccc2)cc1.